The summed E-state index contributed by atoms with van der Waals surface area (Å²) in [5.41, 5.74) is 1.86. The standard InChI is InChI=1S/C18H21Cl3N4O/c1-12-17(21)10-22-25(12)13(2)18(26)24-7-5-23(6-8-24)11-14-3-4-15(19)9-16(14)20/h3-4,9-10,13H,5-8,11H2,1-2H3. The maximum atomic E-state index is 12.8. The number of carbonyl (C=O) groups excluding carboxylic acids is 1. The molecule has 26 heavy (non-hydrogen) atoms. The van der Waals surface area contributed by atoms with Gasteiger partial charge in [0.15, 0.2) is 0 Å². The molecule has 0 saturated carbocycles. The van der Waals surface area contributed by atoms with E-state index in [2.05, 4.69) is 10.00 Å². The average molecular weight is 416 g/mol. The number of hydrogen-bond acceptors (Lipinski definition) is 3. The van der Waals surface area contributed by atoms with E-state index in [0.717, 1.165) is 30.9 Å². The zero-order valence-electron chi connectivity index (χ0n) is 14.8. The highest BCUT2D eigenvalue weighted by atomic mass is 35.5. The summed E-state index contributed by atoms with van der Waals surface area (Å²) in [6.45, 7) is 7.45. The van der Waals surface area contributed by atoms with Crippen molar-refractivity contribution in [1.82, 2.24) is 19.6 Å². The Balaban J connectivity index is 1.57. The summed E-state index contributed by atoms with van der Waals surface area (Å²) >= 11 is 18.3. The summed E-state index contributed by atoms with van der Waals surface area (Å²) < 4.78 is 1.69. The lowest BCUT2D eigenvalue weighted by molar-refractivity contribution is -0.136. The Morgan fingerprint density at radius 3 is 2.42 bits per heavy atom. The van der Waals surface area contributed by atoms with Crippen LogP contribution in [0.2, 0.25) is 15.1 Å². The van der Waals surface area contributed by atoms with Gasteiger partial charge in [0.2, 0.25) is 5.91 Å². The van der Waals surface area contributed by atoms with Gasteiger partial charge in [-0.2, -0.15) is 5.10 Å². The lowest BCUT2D eigenvalue weighted by atomic mass is 10.2. The van der Waals surface area contributed by atoms with Crippen molar-refractivity contribution in [2.45, 2.75) is 26.4 Å². The fourth-order valence-corrected chi connectivity index (χ4v) is 3.78. The molecule has 0 N–H and O–H groups in total. The van der Waals surface area contributed by atoms with Gasteiger partial charge in [-0.3, -0.25) is 14.4 Å². The molecule has 2 aromatic rings. The molecule has 1 saturated heterocycles. The van der Waals surface area contributed by atoms with Gasteiger partial charge in [0.1, 0.15) is 6.04 Å². The molecule has 1 aromatic carbocycles. The molecule has 1 fully saturated rings. The van der Waals surface area contributed by atoms with Crippen molar-refractivity contribution in [3.05, 3.63) is 50.7 Å². The Hall–Kier alpha value is -1.27. The predicted molar refractivity (Wildman–Crippen MR) is 105 cm³/mol. The molecule has 3 rings (SSSR count). The first-order chi connectivity index (χ1) is 12.4. The highest BCUT2D eigenvalue weighted by molar-refractivity contribution is 6.35. The average Bonchev–Trinajstić information content (AvgIpc) is 2.96. The lowest BCUT2D eigenvalue weighted by Crippen LogP contribution is -2.50. The van der Waals surface area contributed by atoms with E-state index >= 15 is 0 Å². The van der Waals surface area contributed by atoms with Crippen molar-refractivity contribution in [3.63, 3.8) is 0 Å². The van der Waals surface area contributed by atoms with Crippen molar-refractivity contribution < 1.29 is 4.79 Å². The van der Waals surface area contributed by atoms with E-state index in [1.807, 2.05) is 30.9 Å². The third-order valence-electron chi connectivity index (χ3n) is 4.80. The van der Waals surface area contributed by atoms with Crippen molar-refractivity contribution in [2.24, 2.45) is 0 Å². The van der Waals surface area contributed by atoms with Crippen LogP contribution in [0, 0.1) is 6.92 Å². The molecule has 2 heterocycles. The first kappa shape index (κ1) is 19.5. The Morgan fingerprint density at radius 1 is 1.15 bits per heavy atom. The number of carbonyl (C=O) groups is 1. The minimum atomic E-state index is -0.361. The fourth-order valence-electron chi connectivity index (χ4n) is 3.18. The highest BCUT2D eigenvalue weighted by Crippen LogP contribution is 2.23. The Labute approximate surface area is 168 Å². The largest absolute Gasteiger partial charge is 0.338 e. The number of rotatable bonds is 4. The molecule has 0 spiro atoms. The van der Waals surface area contributed by atoms with E-state index < -0.39 is 0 Å². The van der Waals surface area contributed by atoms with Crippen LogP contribution in [0.5, 0.6) is 0 Å². The van der Waals surface area contributed by atoms with E-state index in [1.165, 1.54) is 0 Å². The van der Waals surface area contributed by atoms with Crippen LogP contribution in [0.3, 0.4) is 0 Å². The number of amides is 1. The Morgan fingerprint density at radius 2 is 1.85 bits per heavy atom. The number of benzene rings is 1. The van der Waals surface area contributed by atoms with Gasteiger partial charge in [-0.25, -0.2) is 0 Å². The minimum absolute atomic E-state index is 0.0667. The summed E-state index contributed by atoms with van der Waals surface area (Å²) in [6.07, 6.45) is 1.58. The molecule has 1 aromatic heterocycles. The smallest absolute Gasteiger partial charge is 0.247 e. The van der Waals surface area contributed by atoms with Crippen LogP contribution >= 0.6 is 34.8 Å². The highest BCUT2D eigenvalue weighted by Gasteiger charge is 2.27. The van der Waals surface area contributed by atoms with E-state index in [4.69, 9.17) is 34.8 Å². The van der Waals surface area contributed by atoms with E-state index in [1.54, 1.807) is 16.9 Å². The van der Waals surface area contributed by atoms with Crippen LogP contribution in [0.25, 0.3) is 0 Å². The minimum Gasteiger partial charge on any atom is -0.338 e. The summed E-state index contributed by atoms with van der Waals surface area (Å²) in [6, 6.07) is 5.20. The van der Waals surface area contributed by atoms with Gasteiger partial charge in [-0.15, -0.1) is 0 Å². The number of nitrogens with zero attached hydrogens (tertiary/aromatic N) is 4. The van der Waals surface area contributed by atoms with Crippen LogP contribution in [0.4, 0.5) is 0 Å². The molecule has 5 nitrogen and oxygen atoms in total. The number of hydrogen-bond donors (Lipinski definition) is 0. The topological polar surface area (TPSA) is 41.4 Å². The molecule has 1 unspecified atom stereocenters. The van der Waals surface area contributed by atoms with Gasteiger partial charge in [0, 0.05) is 42.8 Å². The maximum absolute atomic E-state index is 12.8. The molecule has 0 radical (unpaired) electrons. The normalized spacial score (nSPS) is 16.7. The van der Waals surface area contributed by atoms with Gasteiger partial charge in [0.25, 0.3) is 0 Å². The fraction of sp³-hybridized carbons (Fsp3) is 0.444. The maximum Gasteiger partial charge on any atom is 0.247 e. The second-order valence-corrected chi connectivity index (χ2v) is 7.79. The third-order valence-corrected chi connectivity index (χ3v) is 5.76. The predicted octanol–water partition coefficient (Wildman–Crippen LogP) is 4.06. The molecule has 1 atom stereocenters. The van der Waals surface area contributed by atoms with Crippen LogP contribution < -0.4 is 0 Å². The van der Waals surface area contributed by atoms with Gasteiger partial charge < -0.3 is 4.90 Å². The van der Waals surface area contributed by atoms with Crippen molar-refractivity contribution >= 4 is 40.7 Å². The van der Waals surface area contributed by atoms with Crippen LogP contribution in [0.1, 0.15) is 24.2 Å². The van der Waals surface area contributed by atoms with Gasteiger partial charge >= 0.3 is 0 Å². The molecular formula is C18H21Cl3N4O. The molecule has 140 valence electrons. The Bertz CT molecular complexity index is 800. The number of aromatic nitrogens is 2. The first-order valence-electron chi connectivity index (χ1n) is 8.51. The summed E-state index contributed by atoms with van der Waals surface area (Å²) in [4.78, 5) is 17.0. The number of halogens is 3. The Kier molecular flexibility index (Phi) is 6.13. The second-order valence-electron chi connectivity index (χ2n) is 6.54. The molecule has 1 amide bonds. The second kappa shape index (κ2) is 8.17. The molecule has 8 heteroatoms. The van der Waals surface area contributed by atoms with Crippen molar-refractivity contribution in [3.8, 4) is 0 Å². The summed E-state index contributed by atoms with van der Waals surface area (Å²) in [5, 5.41) is 6.11. The molecule has 1 aliphatic rings. The quantitative estimate of drug-likeness (QED) is 0.756. The summed E-state index contributed by atoms with van der Waals surface area (Å²) in [5.74, 6) is 0.0667. The van der Waals surface area contributed by atoms with E-state index in [-0.39, 0.29) is 11.9 Å². The first-order valence-corrected chi connectivity index (χ1v) is 9.65. The van der Waals surface area contributed by atoms with E-state index in [0.29, 0.717) is 28.2 Å². The van der Waals surface area contributed by atoms with Gasteiger partial charge in [0.05, 0.1) is 16.9 Å². The number of piperazine rings is 1. The van der Waals surface area contributed by atoms with E-state index in [9.17, 15) is 4.79 Å². The molecular weight excluding hydrogens is 395 g/mol. The van der Waals surface area contributed by atoms with Crippen molar-refractivity contribution in [1.29, 1.82) is 0 Å². The van der Waals surface area contributed by atoms with Gasteiger partial charge in [-0.05, 0) is 31.5 Å². The van der Waals surface area contributed by atoms with Crippen LogP contribution in [0.15, 0.2) is 24.4 Å². The van der Waals surface area contributed by atoms with Crippen LogP contribution in [-0.4, -0.2) is 51.7 Å². The summed E-state index contributed by atoms with van der Waals surface area (Å²) in [7, 11) is 0. The lowest BCUT2D eigenvalue weighted by Gasteiger charge is -2.36. The van der Waals surface area contributed by atoms with Gasteiger partial charge in [-0.1, -0.05) is 40.9 Å². The SMILES string of the molecule is Cc1c(Cl)cnn1C(C)C(=O)N1CCN(Cc2ccc(Cl)cc2Cl)CC1. The third kappa shape index (κ3) is 4.17. The zero-order chi connectivity index (χ0) is 18.8. The van der Waals surface area contributed by atoms with Crippen LogP contribution in [-0.2, 0) is 11.3 Å². The molecule has 1 aliphatic heterocycles. The molecule has 0 aliphatic carbocycles. The monoisotopic (exact) mass is 414 g/mol. The van der Waals surface area contributed by atoms with Crippen molar-refractivity contribution in [2.75, 3.05) is 26.2 Å². The zero-order valence-corrected chi connectivity index (χ0v) is 17.0. The molecule has 0 bridgehead atoms.